The Labute approximate surface area is 178 Å². The van der Waals surface area contributed by atoms with Crippen LogP contribution in [0.15, 0.2) is 54.9 Å². The van der Waals surface area contributed by atoms with E-state index in [-0.39, 0.29) is 11.9 Å². The maximum Gasteiger partial charge on any atom is 0.239 e. The average molecular weight is 406 g/mol. The number of piperazine rings is 1. The fourth-order valence-electron chi connectivity index (χ4n) is 4.20. The maximum absolute atomic E-state index is 13.0. The number of aryl methyl sites for hydroxylation is 1. The molecule has 2 aromatic heterocycles. The Bertz CT molecular complexity index is 973. The van der Waals surface area contributed by atoms with Gasteiger partial charge in [-0.25, -0.2) is 4.98 Å². The van der Waals surface area contributed by atoms with Gasteiger partial charge < -0.3 is 9.30 Å². The minimum atomic E-state index is -0.101. The number of hydrogen-bond donors (Lipinski definition) is 0. The van der Waals surface area contributed by atoms with E-state index in [9.17, 15) is 4.79 Å². The number of benzene rings is 1. The first kappa shape index (κ1) is 20.6. The Balaban J connectivity index is 1.29. The number of carbonyl (C=O) groups excluding carboxylic acids is 1. The second-order valence-electron chi connectivity index (χ2n) is 8.31. The van der Waals surface area contributed by atoms with Gasteiger partial charge in [0.25, 0.3) is 0 Å². The van der Waals surface area contributed by atoms with Gasteiger partial charge in [-0.15, -0.1) is 0 Å². The van der Waals surface area contributed by atoms with E-state index in [1.807, 2.05) is 55.4 Å². The molecule has 4 rings (SSSR count). The maximum atomic E-state index is 13.0. The highest BCUT2D eigenvalue weighted by Crippen LogP contribution is 2.15. The number of rotatable bonds is 6. The Morgan fingerprint density at radius 1 is 1.10 bits per heavy atom. The largest absolute Gasteiger partial charge is 0.340 e. The molecule has 1 aliphatic rings. The summed E-state index contributed by atoms with van der Waals surface area (Å²) in [6, 6.07) is 14.2. The molecule has 6 nitrogen and oxygen atoms in total. The van der Waals surface area contributed by atoms with Gasteiger partial charge in [0.1, 0.15) is 5.65 Å². The molecule has 0 spiro atoms. The van der Waals surface area contributed by atoms with Crippen LogP contribution >= 0.6 is 0 Å². The molecule has 0 bridgehead atoms. The summed E-state index contributed by atoms with van der Waals surface area (Å²) in [5.74, 6) is 0.187. The van der Waals surface area contributed by atoms with Gasteiger partial charge in [-0.05, 0) is 37.1 Å². The molecule has 1 aliphatic heterocycles. The number of fused-ring (bicyclic) bond motifs is 1. The molecule has 0 N–H and O–H groups in total. The van der Waals surface area contributed by atoms with Crippen LogP contribution in [0.2, 0.25) is 0 Å². The number of hydrogen-bond acceptors (Lipinski definition) is 4. The van der Waals surface area contributed by atoms with Crippen LogP contribution in [0.1, 0.15) is 23.7 Å². The van der Waals surface area contributed by atoms with Crippen LogP contribution in [0.3, 0.4) is 0 Å². The molecule has 1 fully saturated rings. The van der Waals surface area contributed by atoms with Gasteiger partial charge in [0, 0.05) is 58.7 Å². The highest BCUT2D eigenvalue weighted by atomic mass is 16.2. The third kappa shape index (κ3) is 4.55. The van der Waals surface area contributed by atoms with Crippen molar-refractivity contribution in [2.24, 2.45) is 0 Å². The van der Waals surface area contributed by atoms with Crippen molar-refractivity contribution in [1.82, 2.24) is 24.1 Å². The van der Waals surface area contributed by atoms with Crippen molar-refractivity contribution in [3.63, 3.8) is 0 Å². The molecule has 6 heteroatoms. The molecule has 158 valence electrons. The number of imidazole rings is 1. The minimum absolute atomic E-state index is 0.101. The zero-order valence-electron chi connectivity index (χ0n) is 18.2. The van der Waals surface area contributed by atoms with Crippen molar-refractivity contribution >= 4 is 11.6 Å². The van der Waals surface area contributed by atoms with Crippen LogP contribution < -0.4 is 0 Å². The summed E-state index contributed by atoms with van der Waals surface area (Å²) in [7, 11) is 1.91. The molecule has 0 aliphatic carbocycles. The predicted molar refractivity (Wildman–Crippen MR) is 119 cm³/mol. The molecular formula is C24H31N5O. The van der Waals surface area contributed by atoms with Crippen molar-refractivity contribution < 1.29 is 4.79 Å². The summed E-state index contributed by atoms with van der Waals surface area (Å²) < 4.78 is 2.07. The van der Waals surface area contributed by atoms with Crippen LogP contribution in [-0.2, 0) is 17.9 Å². The third-order valence-electron chi connectivity index (χ3n) is 6.16. The summed E-state index contributed by atoms with van der Waals surface area (Å²) in [5.41, 5.74) is 4.52. The molecule has 1 aromatic carbocycles. The molecule has 0 radical (unpaired) electrons. The standard InChI is InChI=1S/C24H31N5O/c1-19-8-4-5-9-21(19)16-26(3)24(30)20(2)28-14-12-27(13-15-28)17-22-18-29-11-7-6-10-23(29)25-22/h4-11,18,20H,12-17H2,1-3H3. The second-order valence-corrected chi connectivity index (χ2v) is 8.31. The average Bonchev–Trinajstić information content (AvgIpc) is 3.17. The van der Waals surface area contributed by atoms with E-state index in [1.165, 1.54) is 11.1 Å². The lowest BCUT2D eigenvalue weighted by Crippen LogP contribution is -2.53. The molecule has 3 aromatic rings. The van der Waals surface area contributed by atoms with E-state index < -0.39 is 0 Å². The number of aromatic nitrogens is 2. The Hall–Kier alpha value is -2.70. The molecule has 3 heterocycles. The van der Waals surface area contributed by atoms with Gasteiger partial charge >= 0.3 is 0 Å². The minimum Gasteiger partial charge on any atom is -0.340 e. The number of likely N-dealkylation sites (N-methyl/N-ethyl adjacent to an activating group) is 1. The first-order valence-corrected chi connectivity index (χ1v) is 10.7. The fourth-order valence-corrected chi connectivity index (χ4v) is 4.20. The molecule has 0 saturated carbocycles. The van der Waals surface area contributed by atoms with Crippen LogP contribution in [0.4, 0.5) is 0 Å². The summed E-state index contributed by atoms with van der Waals surface area (Å²) in [4.78, 5) is 24.3. The number of amides is 1. The van der Waals surface area contributed by atoms with E-state index in [1.54, 1.807) is 0 Å². The highest BCUT2D eigenvalue weighted by Gasteiger charge is 2.27. The van der Waals surface area contributed by atoms with E-state index in [2.05, 4.69) is 39.5 Å². The normalized spacial score (nSPS) is 16.6. The van der Waals surface area contributed by atoms with Gasteiger partial charge in [-0.3, -0.25) is 14.6 Å². The number of carbonyl (C=O) groups is 1. The zero-order chi connectivity index (χ0) is 21.1. The zero-order valence-corrected chi connectivity index (χ0v) is 18.2. The molecular weight excluding hydrogens is 374 g/mol. The first-order chi connectivity index (χ1) is 14.5. The summed E-state index contributed by atoms with van der Waals surface area (Å²) in [5, 5.41) is 0. The SMILES string of the molecule is Cc1ccccc1CN(C)C(=O)C(C)N1CCN(Cc2cn3ccccc3n2)CC1. The lowest BCUT2D eigenvalue weighted by Gasteiger charge is -2.38. The number of pyridine rings is 1. The van der Waals surface area contributed by atoms with E-state index in [4.69, 9.17) is 4.98 Å². The molecule has 30 heavy (non-hydrogen) atoms. The molecule has 1 unspecified atom stereocenters. The van der Waals surface area contributed by atoms with Gasteiger partial charge in [-0.2, -0.15) is 0 Å². The first-order valence-electron chi connectivity index (χ1n) is 10.7. The van der Waals surface area contributed by atoms with Gasteiger partial charge in [0.05, 0.1) is 11.7 Å². The van der Waals surface area contributed by atoms with E-state index in [0.29, 0.717) is 6.54 Å². The van der Waals surface area contributed by atoms with Crippen molar-refractivity contribution in [2.45, 2.75) is 33.0 Å². The lowest BCUT2D eigenvalue weighted by atomic mass is 10.1. The molecule has 1 amide bonds. The van der Waals surface area contributed by atoms with Crippen molar-refractivity contribution in [1.29, 1.82) is 0 Å². The van der Waals surface area contributed by atoms with Crippen LogP contribution in [0, 0.1) is 6.92 Å². The summed E-state index contributed by atoms with van der Waals surface area (Å²) in [6.07, 6.45) is 4.14. The smallest absolute Gasteiger partial charge is 0.239 e. The van der Waals surface area contributed by atoms with Crippen molar-refractivity contribution in [3.8, 4) is 0 Å². The van der Waals surface area contributed by atoms with Gasteiger partial charge in [0.15, 0.2) is 0 Å². The predicted octanol–water partition coefficient (Wildman–Crippen LogP) is 2.81. The Kier molecular flexibility index (Phi) is 6.16. The monoisotopic (exact) mass is 405 g/mol. The van der Waals surface area contributed by atoms with Crippen LogP contribution in [0.25, 0.3) is 5.65 Å². The fraction of sp³-hybridized carbons (Fsp3) is 0.417. The quantitative estimate of drug-likeness (QED) is 0.633. The Morgan fingerprint density at radius 2 is 1.83 bits per heavy atom. The van der Waals surface area contributed by atoms with Gasteiger partial charge in [-0.1, -0.05) is 30.3 Å². The third-order valence-corrected chi connectivity index (χ3v) is 6.16. The molecule has 1 atom stereocenters. The van der Waals surface area contributed by atoms with Crippen molar-refractivity contribution in [3.05, 3.63) is 71.7 Å². The van der Waals surface area contributed by atoms with E-state index in [0.717, 1.165) is 44.1 Å². The van der Waals surface area contributed by atoms with Gasteiger partial charge in [0.2, 0.25) is 5.91 Å². The lowest BCUT2D eigenvalue weighted by molar-refractivity contribution is -0.136. The summed E-state index contributed by atoms with van der Waals surface area (Å²) in [6.45, 7) is 9.35. The van der Waals surface area contributed by atoms with E-state index >= 15 is 0 Å². The van der Waals surface area contributed by atoms with Crippen LogP contribution in [-0.4, -0.2) is 69.3 Å². The number of nitrogens with zero attached hydrogens (tertiary/aromatic N) is 5. The Morgan fingerprint density at radius 3 is 2.57 bits per heavy atom. The van der Waals surface area contributed by atoms with Crippen molar-refractivity contribution in [2.75, 3.05) is 33.2 Å². The highest BCUT2D eigenvalue weighted by molar-refractivity contribution is 5.81. The topological polar surface area (TPSA) is 44.1 Å². The second kappa shape index (κ2) is 8.98. The van der Waals surface area contributed by atoms with Crippen LogP contribution in [0.5, 0.6) is 0 Å². The molecule has 1 saturated heterocycles. The summed E-state index contributed by atoms with van der Waals surface area (Å²) >= 11 is 0.